The van der Waals surface area contributed by atoms with Crippen LogP contribution in [0.15, 0.2) is 23.3 Å². The minimum Gasteiger partial charge on any atom is -0.478 e. The maximum absolute atomic E-state index is 11.6. The molecule has 2 aliphatic rings. The van der Waals surface area contributed by atoms with E-state index in [1.165, 1.54) is 64.2 Å². The second-order valence-corrected chi connectivity index (χ2v) is 8.13. The van der Waals surface area contributed by atoms with Crippen molar-refractivity contribution in [2.45, 2.75) is 95.7 Å². The molecule has 0 aromatic heterocycles. The van der Waals surface area contributed by atoms with Gasteiger partial charge in [-0.2, -0.15) is 0 Å². The SMILES string of the molecule is CCCCCCCCCCCCCCOCC12C=CC(O1)C(C(=O)O)=C2C(=O)O. The molecule has 0 amide bonds. The van der Waals surface area contributed by atoms with Crippen LogP contribution in [0.4, 0.5) is 0 Å². The lowest BCUT2D eigenvalue weighted by Crippen LogP contribution is -2.37. The van der Waals surface area contributed by atoms with Gasteiger partial charge >= 0.3 is 11.9 Å². The molecular weight excluding hydrogens is 372 g/mol. The molecule has 2 N–H and O–H groups in total. The third-order valence-corrected chi connectivity index (χ3v) is 5.76. The predicted molar refractivity (Wildman–Crippen MR) is 111 cm³/mol. The largest absolute Gasteiger partial charge is 0.478 e. The van der Waals surface area contributed by atoms with E-state index < -0.39 is 23.6 Å². The number of carbonyl (C=O) groups is 2. The lowest BCUT2D eigenvalue weighted by Gasteiger charge is -2.24. The van der Waals surface area contributed by atoms with Crippen molar-refractivity contribution >= 4 is 11.9 Å². The number of hydrogen-bond acceptors (Lipinski definition) is 4. The normalized spacial score (nSPS) is 22.6. The van der Waals surface area contributed by atoms with Crippen LogP contribution in [-0.2, 0) is 19.1 Å². The van der Waals surface area contributed by atoms with Gasteiger partial charge < -0.3 is 19.7 Å². The summed E-state index contributed by atoms with van der Waals surface area (Å²) in [6, 6.07) is 0. The fraction of sp³-hybridized carbons (Fsp3) is 0.739. The zero-order valence-electron chi connectivity index (χ0n) is 17.7. The highest BCUT2D eigenvalue weighted by atomic mass is 16.6. The van der Waals surface area contributed by atoms with Crippen LogP contribution >= 0.6 is 0 Å². The highest BCUT2D eigenvalue weighted by Crippen LogP contribution is 2.43. The highest BCUT2D eigenvalue weighted by Gasteiger charge is 2.54. The van der Waals surface area contributed by atoms with Crippen LogP contribution < -0.4 is 0 Å². The Kier molecular flexibility index (Phi) is 9.88. The molecule has 0 radical (unpaired) electrons. The van der Waals surface area contributed by atoms with Gasteiger partial charge in [-0.05, 0) is 12.5 Å². The Hall–Kier alpha value is -1.66. The van der Waals surface area contributed by atoms with E-state index in [2.05, 4.69) is 6.92 Å². The van der Waals surface area contributed by atoms with E-state index in [0.29, 0.717) is 6.61 Å². The second kappa shape index (κ2) is 12.1. The summed E-state index contributed by atoms with van der Waals surface area (Å²) in [5, 5.41) is 18.7. The Bertz CT molecular complexity index is 608. The average Bonchev–Trinajstić information content (AvgIpc) is 3.24. The van der Waals surface area contributed by atoms with Gasteiger partial charge in [-0.3, -0.25) is 0 Å². The summed E-state index contributed by atoms with van der Waals surface area (Å²) in [6.45, 7) is 2.81. The summed E-state index contributed by atoms with van der Waals surface area (Å²) < 4.78 is 11.3. The minimum atomic E-state index is -1.26. The van der Waals surface area contributed by atoms with Crippen molar-refractivity contribution in [1.82, 2.24) is 0 Å². The first kappa shape index (κ1) is 23.6. The monoisotopic (exact) mass is 408 g/mol. The van der Waals surface area contributed by atoms with E-state index in [0.717, 1.165) is 12.8 Å². The van der Waals surface area contributed by atoms with Gasteiger partial charge in [0, 0.05) is 6.61 Å². The number of rotatable bonds is 17. The maximum Gasteiger partial charge on any atom is 0.335 e. The van der Waals surface area contributed by atoms with Crippen molar-refractivity contribution in [3.63, 3.8) is 0 Å². The third-order valence-electron chi connectivity index (χ3n) is 5.76. The molecule has 0 aromatic carbocycles. The van der Waals surface area contributed by atoms with Crippen molar-refractivity contribution in [2.24, 2.45) is 0 Å². The fourth-order valence-electron chi connectivity index (χ4n) is 4.16. The van der Waals surface area contributed by atoms with Crippen LogP contribution in [0.1, 0.15) is 84.0 Å². The first-order chi connectivity index (χ1) is 14.0. The zero-order valence-corrected chi connectivity index (χ0v) is 17.7. The molecule has 2 aliphatic heterocycles. The Balaban J connectivity index is 1.54. The molecule has 2 bridgehead atoms. The highest BCUT2D eigenvalue weighted by molar-refractivity contribution is 6.03. The molecule has 0 fully saturated rings. The number of ether oxygens (including phenoxy) is 2. The lowest BCUT2D eigenvalue weighted by atomic mass is 9.87. The Morgan fingerprint density at radius 3 is 2.00 bits per heavy atom. The van der Waals surface area contributed by atoms with Crippen LogP contribution in [0.3, 0.4) is 0 Å². The standard InChI is InChI=1S/C23H36O6/c1-2-3-4-5-6-7-8-9-10-11-12-13-16-28-17-23-15-14-18(29-23)19(21(24)25)20(23)22(26)27/h14-15,18H,2-13,16-17H2,1H3,(H,24,25)(H,26,27). The minimum absolute atomic E-state index is 0.0381. The van der Waals surface area contributed by atoms with Crippen molar-refractivity contribution in [1.29, 1.82) is 0 Å². The molecular formula is C23H36O6. The van der Waals surface area contributed by atoms with Crippen molar-refractivity contribution < 1.29 is 29.3 Å². The van der Waals surface area contributed by atoms with E-state index in [1.54, 1.807) is 12.2 Å². The number of carboxylic acids is 2. The van der Waals surface area contributed by atoms with E-state index in [-0.39, 0.29) is 17.8 Å². The number of carboxylic acid groups (broad SMARTS) is 2. The first-order valence-corrected chi connectivity index (χ1v) is 11.2. The summed E-state index contributed by atoms with van der Waals surface area (Å²) in [7, 11) is 0. The summed E-state index contributed by atoms with van der Waals surface area (Å²) in [4.78, 5) is 22.9. The molecule has 2 heterocycles. The van der Waals surface area contributed by atoms with Crippen LogP contribution in [0.2, 0.25) is 0 Å². The Morgan fingerprint density at radius 1 is 0.931 bits per heavy atom. The molecule has 0 saturated carbocycles. The summed E-state index contributed by atoms with van der Waals surface area (Å²) in [5.74, 6) is -2.51. The molecule has 164 valence electrons. The van der Waals surface area contributed by atoms with Gasteiger partial charge in [-0.25, -0.2) is 9.59 Å². The molecule has 0 saturated heterocycles. The van der Waals surface area contributed by atoms with Crippen molar-refractivity contribution in [3.8, 4) is 0 Å². The molecule has 2 atom stereocenters. The molecule has 0 aromatic rings. The van der Waals surface area contributed by atoms with Crippen molar-refractivity contribution in [2.75, 3.05) is 13.2 Å². The number of hydrogen-bond donors (Lipinski definition) is 2. The summed E-state index contributed by atoms with van der Waals surface area (Å²) in [6.07, 6.45) is 17.6. The Morgan fingerprint density at radius 2 is 1.48 bits per heavy atom. The van der Waals surface area contributed by atoms with Crippen LogP contribution in [-0.4, -0.2) is 47.1 Å². The quantitative estimate of drug-likeness (QED) is 0.263. The molecule has 0 spiro atoms. The topological polar surface area (TPSA) is 93.1 Å². The van der Waals surface area contributed by atoms with E-state index >= 15 is 0 Å². The van der Waals surface area contributed by atoms with Gasteiger partial charge in [0.05, 0.1) is 17.8 Å². The third kappa shape index (κ3) is 6.68. The lowest BCUT2D eigenvalue weighted by molar-refractivity contribution is -0.136. The van der Waals surface area contributed by atoms with Crippen LogP contribution in [0.5, 0.6) is 0 Å². The fourth-order valence-corrected chi connectivity index (χ4v) is 4.16. The zero-order chi connectivity index (χ0) is 21.1. The van der Waals surface area contributed by atoms with Crippen molar-refractivity contribution in [3.05, 3.63) is 23.3 Å². The molecule has 0 aliphatic carbocycles. The predicted octanol–water partition coefficient (Wildman–Crippen LogP) is 4.88. The number of aliphatic carboxylic acids is 2. The molecule has 6 nitrogen and oxygen atoms in total. The van der Waals surface area contributed by atoms with Gasteiger partial charge in [-0.1, -0.05) is 83.6 Å². The molecule has 2 unspecified atom stereocenters. The van der Waals surface area contributed by atoms with E-state index in [4.69, 9.17) is 9.47 Å². The smallest absolute Gasteiger partial charge is 0.335 e. The maximum atomic E-state index is 11.6. The van der Waals surface area contributed by atoms with Crippen LogP contribution in [0, 0.1) is 0 Å². The summed E-state index contributed by atoms with van der Waals surface area (Å²) >= 11 is 0. The average molecular weight is 409 g/mol. The molecule has 2 rings (SSSR count). The van der Waals surface area contributed by atoms with E-state index in [1.807, 2.05) is 0 Å². The van der Waals surface area contributed by atoms with Gasteiger partial charge in [0.25, 0.3) is 0 Å². The van der Waals surface area contributed by atoms with Gasteiger partial charge in [0.15, 0.2) is 0 Å². The molecule has 6 heteroatoms. The first-order valence-electron chi connectivity index (χ1n) is 11.2. The number of fused-ring (bicyclic) bond motifs is 2. The van der Waals surface area contributed by atoms with Gasteiger partial charge in [0.2, 0.25) is 0 Å². The number of unbranched alkanes of at least 4 members (excludes halogenated alkanes) is 11. The van der Waals surface area contributed by atoms with Gasteiger partial charge in [-0.15, -0.1) is 0 Å². The van der Waals surface area contributed by atoms with E-state index in [9.17, 15) is 19.8 Å². The molecule has 29 heavy (non-hydrogen) atoms. The van der Waals surface area contributed by atoms with Crippen LogP contribution in [0.25, 0.3) is 0 Å². The Labute approximate surface area is 174 Å². The second-order valence-electron chi connectivity index (χ2n) is 8.13. The van der Waals surface area contributed by atoms with Gasteiger partial charge in [0.1, 0.15) is 11.7 Å². The summed E-state index contributed by atoms with van der Waals surface area (Å²) in [5.41, 5.74) is -1.65.